The number of benzene rings is 1. The van der Waals surface area contributed by atoms with Gasteiger partial charge in [-0.25, -0.2) is 4.39 Å². The third kappa shape index (κ3) is 4.45. The van der Waals surface area contributed by atoms with E-state index in [4.69, 9.17) is 16.3 Å². The summed E-state index contributed by atoms with van der Waals surface area (Å²) in [5.41, 5.74) is 0.402. The molecule has 0 aliphatic carbocycles. The Hall–Kier alpha value is -1.21. The second-order valence-corrected chi connectivity index (χ2v) is 6.81. The summed E-state index contributed by atoms with van der Waals surface area (Å²) in [6.07, 6.45) is 0.807. The highest BCUT2D eigenvalue weighted by molar-refractivity contribution is 6.30. The van der Waals surface area contributed by atoms with Crippen molar-refractivity contribution in [2.24, 2.45) is 5.92 Å². The minimum absolute atomic E-state index is 0.0753. The van der Waals surface area contributed by atoms with Crippen molar-refractivity contribution in [3.05, 3.63) is 34.6 Å². The molecule has 1 amide bonds. The molecule has 0 saturated carbocycles. The number of morpholine rings is 1. The van der Waals surface area contributed by atoms with E-state index >= 15 is 0 Å². The minimum atomic E-state index is -0.468. The van der Waals surface area contributed by atoms with E-state index in [-0.39, 0.29) is 23.5 Å². The van der Waals surface area contributed by atoms with Gasteiger partial charge < -0.3 is 15.4 Å². The summed E-state index contributed by atoms with van der Waals surface area (Å²) in [4.78, 5) is 14.7. The third-order valence-electron chi connectivity index (χ3n) is 4.64. The van der Waals surface area contributed by atoms with Crippen LogP contribution in [0.4, 0.5) is 4.39 Å². The number of ether oxygens (including phenoxy) is 1. The van der Waals surface area contributed by atoms with Gasteiger partial charge in [0.15, 0.2) is 0 Å². The van der Waals surface area contributed by atoms with Gasteiger partial charge >= 0.3 is 0 Å². The van der Waals surface area contributed by atoms with Gasteiger partial charge in [0.25, 0.3) is 0 Å². The highest BCUT2D eigenvalue weighted by Crippen LogP contribution is 2.19. The molecule has 2 aliphatic heterocycles. The molecule has 2 aliphatic rings. The van der Waals surface area contributed by atoms with Crippen molar-refractivity contribution in [2.75, 3.05) is 39.4 Å². The summed E-state index contributed by atoms with van der Waals surface area (Å²) in [7, 11) is 0. The van der Waals surface area contributed by atoms with Crippen LogP contribution in [0.2, 0.25) is 5.02 Å². The maximum atomic E-state index is 13.8. The predicted octanol–water partition coefficient (Wildman–Crippen LogP) is 1.41. The van der Waals surface area contributed by atoms with Crippen molar-refractivity contribution in [3.8, 4) is 0 Å². The summed E-state index contributed by atoms with van der Waals surface area (Å²) in [5, 5.41) is 6.14. The lowest BCUT2D eigenvalue weighted by Crippen LogP contribution is -2.40. The zero-order chi connectivity index (χ0) is 16.9. The van der Waals surface area contributed by atoms with Crippen LogP contribution in [0.1, 0.15) is 12.0 Å². The van der Waals surface area contributed by atoms with Crippen LogP contribution in [0.5, 0.6) is 0 Å². The quantitative estimate of drug-likeness (QED) is 0.838. The number of hydrogen-bond acceptors (Lipinski definition) is 4. The van der Waals surface area contributed by atoms with Gasteiger partial charge in [0.05, 0.1) is 24.3 Å². The molecule has 2 saturated heterocycles. The van der Waals surface area contributed by atoms with Gasteiger partial charge in [0.2, 0.25) is 5.91 Å². The first kappa shape index (κ1) is 17.6. The number of nitrogens with one attached hydrogen (secondary N) is 2. The minimum Gasteiger partial charge on any atom is -0.379 e. The Morgan fingerprint density at radius 1 is 1.42 bits per heavy atom. The van der Waals surface area contributed by atoms with Gasteiger partial charge in [-0.1, -0.05) is 23.7 Å². The monoisotopic (exact) mass is 355 g/mol. The van der Waals surface area contributed by atoms with E-state index in [0.717, 1.165) is 45.8 Å². The Morgan fingerprint density at radius 3 is 3.00 bits per heavy atom. The lowest BCUT2D eigenvalue weighted by molar-refractivity contribution is -0.123. The van der Waals surface area contributed by atoms with E-state index in [1.165, 1.54) is 6.07 Å². The fourth-order valence-corrected chi connectivity index (χ4v) is 3.48. The van der Waals surface area contributed by atoms with Gasteiger partial charge in [-0.15, -0.1) is 0 Å². The average molecular weight is 356 g/mol. The highest BCUT2D eigenvalue weighted by Gasteiger charge is 2.30. The molecular weight excluding hydrogens is 333 g/mol. The van der Waals surface area contributed by atoms with Crippen LogP contribution in [0.3, 0.4) is 0 Å². The van der Waals surface area contributed by atoms with Crippen molar-refractivity contribution in [1.82, 2.24) is 15.5 Å². The van der Waals surface area contributed by atoms with Crippen molar-refractivity contribution in [2.45, 2.75) is 19.0 Å². The van der Waals surface area contributed by atoms with Gasteiger partial charge in [0.1, 0.15) is 5.82 Å². The molecule has 132 valence electrons. The van der Waals surface area contributed by atoms with Gasteiger partial charge in [-0.3, -0.25) is 9.69 Å². The van der Waals surface area contributed by atoms with Crippen molar-refractivity contribution < 1.29 is 13.9 Å². The first-order valence-corrected chi connectivity index (χ1v) is 8.75. The summed E-state index contributed by atoms with van der Waals surface area (Å²) in [6.45, 7) is 5.47. The van der Waals surface area contributed by atoms with Gasteiger partial charge in [0, 0.05) is 31.7 Å². The molecule has 0 bridgehead atoms. The SMILES string of the molecule is O=C(NCc1cccc(Cl)c1F)[C@@H]1C[C@H](CN2CCOCC2)CN1. The third-order valence-corrected chi connectivity index (χ3v) is 4.94. The van der Waals surface area contributed by atoms with E-state index in [1.54, 1.807) is 12.1 Å². The number of carbonyl (C=O) groups is 1. The number of rotatable bonds is 5. The molecule has 1 aromatic carbocycles. The lowest BCUT2D eigenvalue weighted by atomic mass is 10.0. The predicted molar refractivity (Wildman–Crippen MR) is 90.4 cm³/mol. The Morgan fingerprint density at radius 2 is 2.21 bits per heavy atom. The van der Waals surface area contributed by atoms with Crippen LogP contribution in [-0.2, 0) is 16.1 Å². The number of amides is 1. The summed E-state index contributed by atoms with van der Waals surface area (Å²) in [5.74, 6) is -0.0929. The van der Waals surface area contributed by atoms with E-state index in [0.29, 0.717) is 11.5 Å². The van der Waals surface area contributed by atoms with Gasteiger partial charge in [-0.05, 0) is 24.9 Å². The largest absolute Gasteiger partial charge is 0.379 e. The van der Waals surface area contributed by atoms with E-state index < -0.39 is 5.82 Å². The van der Waals surface area contributed by atoms with Crippen LogP contribution >= 0.6 is 11.6 Å². The standard InChI is InChI=1S/C17H23ClFN3O2/c18-14-3-1-2-13(16(14)19)10-21-17(23)15-8-12(9-20-15)11-22-4-6-24-7-5-22/h1-3,12,15,20H,4-11H2,(H,21,23)/t12-,15-/m0/s1. The second kappa shape index (κ2) is 8.25. The van der Waals surface area contributed by atoms with Crippen molar-refractivity contribution >= 4 is 17.5 Å². The molecule has 0 spiro atoms. The Bertz CT molecular complexity index is 581. The molecule has 0 radical (unpaired) electrons. The topological polar surface area (TPSA) is 53.6 Å². The van der Waals surface area contributed by atoms with Crippen LogP contribution in [0, 0.1) is 11.7 Å². The number of nitrogens with zero attached hydrogens (tertiary/aromatic N) is 1. The fourth-order valence-electron chi connectivity index (χ4n) is 3.29. The summed E-state index contributed by atoms with van der Waals surface area (Å²) in [6, 6.07) is 4.60. The van der Waals surface area contributed by atoms with E-state index in [2.05, 4.69) is 15.5 Å². The Labute approximate surface area is 146 Å². The molecular formula is C17H23ClFN3O2. The molecule has 2 heterocycles. The molecule has 2 fully saturated rings. The number of hydrogen-bond donors (Lipinski definition) is 2. The number of halogens is 2. The van der Waals surface area contributed by atoms with Crippen LogP contribution in [0.15, 0.2) is 18.2 Å². The van der Waals surface area contributed by atoms with Gasteiger partial charge in [-0.2, -0.15) is 0 Å². The maximum absolute atomic E-state index is 13.8. The fraction of sp³-hybridized carbons (Fsp3) is 0.588. The molecule has 24 heavy (non-hydrogen) atoms. The molecule has 0 aromatic heterocycles. The lowest BCUT2D eigenvalue weighted by Gasteiger charge is -2.28. The summed E-state index contributed by atoms with van der Waals surface area (Å²) < 4.78 is 19.2. The van der Waals surface area contributed by atoms with Crippen LogP contribution < -0.4 is 10.6 Å². The average Bonchev–Trinajstić information content (AvgIpc) is 3.05. The Kier molecular flexibility index (Phi) is 6.05. The molecule has 5 nitrogen and oxygen atoms in total. The van der Waals surface area contributed by atoms with Crippen molar-refractivity contribution in [1.29, 1.82) is 0 Å². The smallest absolute Gasteiger partial charge is 0.237 e. The first-order chi connectivity index (χ1) is 11.6. The maximum Gasteiger partial charge on any atom is 0.237 e. The second-order valence-electron chi connectivity index (χ2n) is 6.41. The number of carbonyl (C=O) groups excluding carboxylic acids is 1. The first-order valence-electron chi connectivity index (χ1n) is 8.37. The highest BCUT2D eigenvalue weighted by atomic mass is 35.5. The molecule has 2 atom stereocenters. The zero-order valence-corrected chi connectivity index (χ0v) is 14.3. The summed E-state index contributed by atoms with van der Waals surface area (Å²) >= 11 is 5.75. The van der Waals surface area contributed by atoms with Crippen molar-refractivity contribution in [3.63, 3.8) is 0 Å². The van der Waals surface area contributed by atoms with Crippen LogP contribution in [0.25, 0.3) is 0 Å². The Balaban J connectivity index is 1.45. The normalized spacial score (nSPS) is 24.9. The van der Waals surface area contributed by atoms with Crippen LogP contribution in [-0.4, -0.2) is 56.2 Å². The van der Waals surface area contributed by atoms with E-state index in [1.807, 2.05) is 0 Å². The molecule has 3 rings (SSSR count). The molecule has 0 unspecified atom stereocenters. The molecule has 2 N–H and O–H groups in total. The molecule has 7 heteroatoms. The zero-order valence-electron chi connectivity index (χ0n) is 13.6. The van der Waals surface area contributed by atoms with E-state index in [9.17, 15) is 9.18 Å². The molecule has 1 aromatic rings.